The molecule has 0 aliphatic carbocycles. The first-order valence-electron chi connectivity index (χ1n) is 7.27. The fourth-order valence-electron chi connectivity index (χ4n) is 2.46. The van der Waals surface area contributed by atoms with Crippen LogP contribution in [0, 0.1) is 0 Å². The summed E-state index contributed by atoms with van der Waals surface area (Å²) >= 11 is 6.80. The van der Waals surface area contributed by atoms with E-state index in [-0.39, 0.29) is 11.6 Å². The molecule has 0 N–H and O–H groups in total. The summed E-state index contributed by atoms with van der Waals surface area (Å²) in [6.07, 6.45) is 0. The molecule has 0 aromatic heterocycles. The molecule has 0 aliphatic rings. The number of hydrogen-bond acceptors (Lipinski definition) is 2. The van der Waals surface area contributed by atoms with Crippen LogP contribution < -0.4 is 0 Å². The van der Waals surface area contributed by atoms with Crippen molar-refractivity contribution in [3.05, 3.63) is 104 Å². The van der Waals surface area contributed by atoms with E-state index in [2.05, 4.69) is 31.9 Å². The number of carbonyl (C=O) groups excluding carboxylic acids is 2. The van der Waals surface area contributed by atoms with Crippen molar-refractivity contribution >= 4 is 43.4 Å². The van der Waals surface area contributed by atoms with Gasteiger partial charge in [0.25, 0.3) is 0 Å². The van der Waals surface area contributed by atoms with Crippen LogP contribution in [0.4, 0.5) is 0 Å². The Morgan fingerprint density at radius 2 is 0.792 bits per heavy atom. The molecule has 0 unspecified atom stereocenters. The minimum Gasteiger partial charge on any atom is -0.289 e. The van der Waals surface area contributed by atoms with Gasteiger partial charge in [-0.05, 0) is 24.3 Å². The van der Waals surface area contributed by atoms with Gasteiger partial charge in [0.1, 0.15) is 0 Å². The molecule has 0 fully saturated rings. The van der Waals surface area contributed by atoms with Gasteiger partial charge < -0.3 is 0 Å². The standard InChI is InChI=1S/C20H12Br2O2/c21-17-11-5-3-9-15(17)19(23)13-7-1-2-8-14(13)20(24)16-10-4-6-12-18(16)22/h1-12H. The third kappa shape index (κ3) is 3.25. The molecular formula is C20H12Br2O2. The Hall–Kier alpha value is -2.04. The summed E-state index contributed by atoms with van der Waals surface area (Å²) in [4.78, 5) is 25.8. The maximum atomic E-state index is 12.9. The highest BCUT2D eigenvalue weighted by Crippen LogP contribution is 2.25. The van der Waals surface area contributed by atoms with Gasteiger partial charge in [-0.1, -0.05) is 80.4 Å². The number of hydrogen-bond donors (Lipinski definition) is 0. The van der Waals surface area contributed by atoms with E-state index in [4.69, 9.17) is 0 Å². The van der Waals surface area contributed by atoms with Crippen LogP contribution in [0.2, 0.25) is 0 Å². The van der Waals surface area contributed by atoms with E-state index in [1.54, 1.807) is 48.5 Å². The summed E-state index contributed by atoms with van der Waals surface area (Å²) in [6, 6.07) is 21.3. The van der Waals surface area contributed by atoms with E-state index >= 15 is 0 Å². The Bertz CT molecular complexity index is 856. The average Bonchev–Trinajstić information content (AvgIpc) is 2.61. The summed E-state index contributed by atoms with van der Waals surface area (Å²) in [5.74, 6) is -0.364. The van der Waals surface area contributed by atoms with Crippen molar-refractivity contribution in [1.82, 2.24) is 0 Å². The van der Waals surface area contributed by atoms with Crippen LogP contribution in [0.1, 0.15) is 31.8 Å². The molecule has 3 aromatic carbocycles. The van der Waals surface area contributed by atoms with Crippen molar-refractivity contribution in [1.29, 1.82) is 0 Å². The molecule has 0 radical (unpaired) electrons. The maximum Gasteiger partial charge on any atom is 0.194 e. The van der Waals surface area contributed by atoms with Gasteiger partial charge in [-0.2, -0.15) is 0 Å². The van der Waals surface area contributed by atoms with E-state index in [0.717, 1.165) is 0 Å². The number of halogens is 2. The van der Waals surface area contributed by atoms with Gasteiger partial charge in [0.2, 0.25) is 0 Å². The van der Waals surface area contributed by atoms with E-state index in [0.29, 0.717) is 31.2 Å². The van der Waals surface area contributed by atoms with E-state index in [9.17, 15) is 9.59 Å². The zero-order valence-corrected chi connectivity index (χ0v) is 15.7. The van der Waals surface area contributed by atoms with Crippen LogP contribution >= 0.6 is 31.9 Å². The SMILES string of the molecule is O=C(c1ccccc1Br)c1ccccc1C(=O)c1ccccc1Br. The molecule has 3 rings (SSSR count). The Morgan fingerprint density at radius 1 is 0.500 bits per heavy atom. The van der Waals surface area contributed by atoms with Crippen molar-refractivity contribution in [3.63, 3.8) is 0 Å². The van der Waals surface area contributed by atoms with Gasteiger partial charge in [0.05, 0.1) is 0 Å². The highest BCUT2D eigenvalue weighted by atomic mass is 79.9. The molecule has 118 valence electrons. The lowest BCUT2D eigenvalue weighted by Gasteiger charge is -2.10. The highest BCUT2D eigenvalue weighted by molar-refractivity contribution is 9.10. The summed E-state index contributed by atoms with van der Waals surface area (Å²) < 4.78 is 1.41. The molecule has 0 heterocycles. The molecule has 3 aromatic rings. The third-order valence-corrected chi connectivity index (χ3v) is 5.04. The zero-order valence-electron chi connectivity index (χ0n) is 12.5. The number of rotatable bonds is 4. The van der Waals surface area contributed by atoms with Crippen LogP contribution in [0.15, 0.2) is 81.7 Å². The first-order valence-corrected chi connectivity index (χ1v) is 8.85. The summed E-state index contributed by atoms with van der Waals surface area (Å²) in [5.41, 5.74) is 1.85. The minimum atomic E-state index is -0.182. The molecule has 0 bridgehead atoms. The predicted octanol–water partition coefficient (Wildman–Crippen LogP) is 5.67. The van der Waals surface area contributed by atoms with Gasteiger partial charge in [0, 0.05) is 31.2 Å². The summed E-state index contributed by atoms with van der Waals surface area (Å²) in [6.45, 7) is 0. The van der Waals surface area contributed by atoms with Crippen molar-refractivity contribution in [3.8, 4) is 0 Å². The molecule has 0 amide bonds. The first kappa shape index (κ1) is 16.8. The Kier molecular flexibility index (Phi) is 5.07. The van der Waals surface area contributed by atoms with Crippen molar-refractivity contribution in [2.45, 2.75) is 0 Å². The van der Waals surface area contributed by atoms with Crippen LogP contribution in [0.3, 0.4) is 0 Å². The smallest absolute Gasteiger partial charge is 0.194 e. The lowest BCUT2D eigenvalue weighted by molar-refractivity contribution is 0.100. The lowest BCUT2D eigenvalue weighted by atomic mass is 9.93. The van der Waals surface area contributed by atoms with Crippen LogP contribution in [-0.4, -0.2) is 11.6 Å². The fraction of sp³-hybridized carbons (Fsp3) is 0. The normalized spacial score (nSPS) is 10.4. The van der Waals surface area contributed by atoms with Crippen molar-refractivity contribution < 1.29 is 9.59 Å². The minimum absolute atomic E-state index is 0.182. The molecular weight excluding hydrogens is 432 g/mol. The Labute approximate surface area is 156 Å². The van der Waals surface area contributed by atoms with E-state index in [1.165, 1.54) is 0 Å². The molecule has 4 heteroatoms. The molecule has 0 saturated carbocycles. The largest absolute Gasteiger partial charge is 0.289 e. The van der Waals surface area contributed by atoms with Gasteiger partial charge >= 0.3 is 0 Å². The number of benzene rings is 3. The molecule has 0 spiro atoms. The molecule has 2 nitrogen and oxygen atoms in total. The number of carbonyl (C=O) groups is 2. The van der Waals surface area contributed by atoms with E-state index in [1.807, 2.05) is 24.3 Å². The maximum absolute atomic E-state index is 12.9. The monoisotopic (exact) mass is 442 g/mol. The summed E-state index contributed by atoms with van der Waals surface area (Å²) in [5, 5.41) is 0. The molecule has 0 aliphatic heterocycles. The zero-order chi connectivity index (χ0) is 17.1. The Morgan fingerprint density at radius 3 is 1.12 bits per heavy atom. The van der Waals surface area contributed by atoms with E-state index < -0.39 is 0 Å². The second-order valence-corrected chi connectivity index (χ2v) is 6.87. The molecule has 0 atom stereocenters. The molecule has 24 heavy (non-hydrogen) atoms. The Balaban J connectivity index is 2.09. The van der Waals surface area contributed by atoms with Crippen molar-refractivity contribution in [2.75, 3.05) is 0 Å². The second-order valence-electron chi connectivity index (χ2n) is 5.16. The van der Waals surface area contributed by atoms with Crippen LogP contribution in [0.5, 0.6) is 0 Å². The van der Waals surface area contributed by atoms with Crippen LogP contribution in [-0.2, 0) is 0 Å². The predicted molar refractivity (Wildman–Crippen MR) is 102 cm³/mol. The second kappa shape index (κ2) is 7.24. The highest BCUT2D eigenvalue weighted by Gasteiger charge is 2.21. The van der Waals surface area contributed by atoms with Gasteiger partial charge in [-0.3, -0.25) is 9.59 Å². The average molecular weight is 444 g/mol. The molecule has 0 saturated heterocycles. The quantitative estimate of drug-likeness (QED) is 0.486. The lowest BCUT2D eigenvalue weighted by Crippen LogP contribution is -2.11. The van der Waals surface area contributed by atoms with Crippen molar-refractivity contribution in [2.24, 2.45) is 0 Å². The first-order chi connectivity index (χ1) is 11.6. The van der Waals surface area contributed by atoms with Gasteiger partial charge in [-0.25, -0.2) is 0 Å². The van der Waals surface area contributed by atoms with Gasteiger partial charge in [-0.15, -0.1) is 0 Å². The third-order valence-electron chi connectivity index (χ3n) is 3.65. The summed E-state index contributed by atoms with van der Waals surface area (Å²) in [7, 11) is 0. The fourth-order valence-corrected chi connectivity index (χ4v) is 3.39. The number of ketones is 2. The van der Waals surface area contributed by atoms with Gasteiger partial charge in [0.15, 0.2) is 11.6 Å². The topological polar surface area (TPSA) is 34.1 Å². The van der Waals surface area contributed by atoms with Crippen LogP contribution in [0.25, 0.3) is 0 Å².